The highest BCUT2D eigenvalue weighted by molar-refractivity contribution is 6.02. The average molecular weight is 375 g/mol. The molecule has 1 aliphatic heterocycles. The van der Waals surface area contributed by atoms with Crippen molar-refractivity contribution in [3.8, 4) is 0 Å². The quantitative estimate of drug-likeness (QED) is 0.797. The van der Waals surface area contributed by atoms with Crippen LogP contribution in [0.4, 0.5) is 29.3 Å². The second kappa shape index (κ2) is 7.53. The Morgan fingerprint density at radius 2 is 1.89 bits per heavy atom. The van der Waals surface area contributed by atoms with Gasteiger partial charge in [0.15, 0.2) is 0 Å². The number of carbonyl (C=O) groups is 2. The highest BCUT2D eigenvalue weighted by atomic mass is 19.4. The van der Waals surface area contributed by atoms with Crippen LogP contribution >= 0.6 is 0 Å². The van der Waals surface area contributed by atoms with Crippen LogP contribution in [0.15, 0.2) is 54.6 Å². The molecule has 140 valence electrons. The van der Waals surface area contributed by atoms with E-state index < -0.39 is 17.6 Å². The van der Waals surface area contributed by atoms with Crippen LogP contribution in [0.3, 0.4) is 0 Å². The Labute approximate surface area is 153 Å². The minimum Gasteiger partial charge on any atom is -0.336 e. The second-order valence-corrected chi connectivity index (χ2v) is 5.88. The minimum atomic E-state index is -4.43. The number of hydrogen-bond donors (Lipinski definition) is 2. The van der Waals surface area contributed by atoms with Crippen LogP contribution in [-0.4, -0.2) is 25.0 Å². The molecule has 2 aromatic carbocycles. The fourth-order valence-corrected chi connectivity index (χ4v) is 2.62. The number of rotatable bonds is 4. The molecule has 0 radical (unpaired) electrons. The zero-order valence-corrected chi connectivity index (χ0v) is 14.1. The van der Waals surface area contributed by atoms with Crippen LogP contribution in [0.2, 0.25) is 0 Å². The van der Waals surface area contributed by atoms with Gasteiger partial charge in [-0.25, -0.2) is 4.79 Å². The van der Waals surface area contributed by atoms with Gasteiger partial charge in [-0.1, -0.05) is 12.1 Å². The molecular formula is C19H16F3N3O2. The van der Waals surface area contributed by atoms with E-state index in [-0.39, 0.29) is 11.6 Å². The summed E-state index contributed by atoms with van der Waals surface area (Å²) in [5, 5.41) is 5.32. The van der Waals surface area contributed by atoms with Crippen molar-refractivity contribution in [2.75, 3.05) is 23.3 Å². The van der Waals surface area contributed by atoms with Crippen LogP contribution < -0.4 is 15.5 Å². The molecule has 1 saturated heterocycles. The Morgan fingerprint density at radius 3 is 2.52 bits per heavy atom. The average Bonchev–Trinajstić information content (AvgIpc) is 3.06. The van der Waals surface area contributed by atoms with E-state index in [1.54, 1.807) is 29.2 Å². The van der Waals surface area contributed by atoms with Gasteiger partial charge in [0, 0.05) is 30.5 Å². The number of nitrogens with one attached hydrogen (secondary N) is 2. The van der Waals surface area contributed by atoms with Gasteiger partial charge in [-0.05, 0) is 48.0 Å². The molecular weight excluding hydrogens is 359 g/mol. The van der Waals surface area contributed by atoms with Crippen molar-refractivity contribution in [3.63, 3.8) is 0 Å². The molecule has 27 heavy (non-hydrogen) atoms. The molecule has 2 N–H and O–H groups in total. The second-order valence-electron chi connectivity index (χ2n) is 5.88. The van der Waals surface area contributed by atoms with Crippen molar-refractivity contribution in [3.05, 3.63) is 65.7 Å². The molecule has 0 bridgehead atoms. The summed E-state index contributed by atoms with van der Waals surface area (Å²) in [6.45, 7) is 1.15. The molecule has 8 heteroatoms. The molecule has 0 saturated carbocycles. The first-order valence-corrected chi connectivity index (χ1v) is 8.15. The Balaban J connectivity index is 1.62. The van der Waals surface area contributed by atoms with Crippen LogP contribution in [0.1, 0.15) is 11.1 Å². The van der Waals surface area contributed by atoms with Gasteiger partial charge in [-0.2, -0.15) is 13.2 Å². The lowest BCUT2D eigenvalue weighted by atomic mass is 10.1. The number of carbonyl (C=O) groups excluding carboxylic acids is 2. The molecule has 3 amide bonds. The maximum Gasteiger partial charge on any atom is 0.416 e. The molecule has 1 aliphatic rings. The van der Waals surface area contributed by atoms with Crippen molar-refractivity contribution in [2.24, 2.45) is 0 Å². The van der Waals surface area contributed by atoms with Crippen molar-refractivity contribution in [1.29, 1.82) is 0 Å². The third kappa shape index (κ3) is 4.66. The predicted octanol–water partition coefficient (Wildman–Crippen LogP) is 3.89. The molecule has 0 aromatic heterocycles. The standard InChI is InChI=1S/C19H16F3N3O2/c20-19(21,22)14-3-1-2-13(12-14)4-9-17(26)24-15-5-7-16(8-6-15)25-11-10-23-18(25)27/h1-9,12H,10-11H2,(H,23,27)(H,24,26). The molecule has 0 unspecified atom stereocenters. The summed E-state index contributed by atoms with van der Waals surface area (Å²) in [6.07, 6.45) is -1.95. The maximum atomic E-state index is 12.7. The Morgan fingerprint density at radius 1 is 1.15 bits per heavy atom. The van der Waals surface area contributed by atoms with E-state index >= 15 is 0 Å². The van der Waals surface area contributed by atoms with E-state index in [0.29, 0.717) is 24.5 Å². The van der Waals surface area contributed by atoms with Crippen LogP contribution in [0, 0.1) is 0 Å². The van der Waals surface area contributed by atoms with Gasteiger partial charge >= 0.3 is 12.2 Å². The number of amides is 3. The summed E-state index contributed by atoms with van der Waals surface area (Å²) in [4.78, 5) is 25.2. The number of urea groups is 1. The first-order chi connectivity index (χ1) is 12.8. The van der Waals surface area contributed by atoms with Crippen molar-refractivity contribution in [1.82, 2.24) is 5.32 Å². The topological polar surface area (TPSA) is 61.4 Å². The number of nitrogens with zero attached hydrogens (tertiary/aromatic N) is 1. The van der Waals surface area contributed by atoms with E-state index in [1.165, 1.54) is 18.2 Å². The number of halogens is 3. The van der Waals surface area contributed by atoms with Gasteiger partial charge in [-0.15, -0.1) is 0 Å². The summed E-state index contributed by atoms with van der Waals surface area (Å²) in [6, 6.07) is 11.2. The van der Waals surface area contributed by atoms with E-state index in [0.717, 1.165) is 18.2 Å². The zero-order chi connectivity index (χ0) is 19.4. The van der Waals surface area contributed by atoms with Gasteiger partial charge in [0.2, 0.25) is 5.91 Å². The lowest BCUT2D eigenvalue weighted by molar-refractivity contribution is -0.137. The number of benzene rings is 2. The molecule has 0 atom stereocenters. The summed E-state index contributed by atoms with van der Waals surface area (Å²) in [5.74, 6) is -0.473. The van der Waals surface area contributed by atoms with E-state index in [4.69, 9.17) is 0 Å². The van der Waals surface area contributed by atoms with E-state index in [1.807, 2.05) is 0 Å². The van der Waals surface area contributed by atoms with Gasteiger partial charge < -0.3 is 10.6 Å². The minimum absolute atomic E-state index is 0.171. The SMILES string of the molecule is O=C(C=Cc1cccc(C(F)(F)F)c1)Nc1ccc(N2CCNC2=O)cc1. The molecule has 2 aromatic rings. The van der Waals surface area contributed by atoms with E-state index in [2.05, 4.69) is 10.6 Å². The van der Waals surface area contributed by atoms with Crippen LogP contribution in [0.5, 0.6) is 0 Å². The molecule has 5 nitrogen and oxygen atoms in total. The highest BCUT2D eigenvalue weighted by Gasteiger charge is 2.30. The molecule has 0 spiro atoms. The van der Waals surface area contributed by atoms with Crippen molar-refractivity contribution >= 4 is 29.4 Å². The highest BCUT2D eigenvalue weighted by Crippen LogP contribution is 2.29. The summed E-state index contributed by atoms with van der Waals surface area (Å²) in [5.41, 5.74) is 0.724. The lowest BCUT2D eigenvalue weighted by Gasteiger charge is -2.14. The maximum absolute atomic E-state index is 12.7. The largest absolute Gasteiger partial charge is 0.416 e. The van der Waals surface area contributed by atoms with E-state index in [9.17, 15) is 22.8 Å². The molecule has 0 aliphatic carbocycles. The number of hydrogen-bond acceptors (Lipinski definition) is 2. The van der Waals surface area contributed by atoms with Gasteiger partial charge in [0.1, 0.15) is 0 Å². The summed E-state index contributed by atoms with van der Waals surface area (Å²) in [7, 11) is 0. The van der Waals surface area contributed by atoms with Crippen molar-refractivity contribution in [2.45, 2.75) is 6.18 Å². The van der Waals surface area contributed by atoms with Crippen molar-refractivity contribution < 1.29 is 22.8 Å². The molecule has 1 heterocycles. The number of anilines is 2. The van der Waals surface area contributed by atoms with Gasteiger partial charge in [-0.3, -0.25) is 9.69 Å². The fraction of sp³-hybridized carbons (Fsp3) is 0.158. The Kier molecular flexibility index (Phi) is 5.16. The molecule has 3 rings (SSSR count). The van der Waals surface area contributed by atoms with Gasteiger partial charge in [0.25, 0.3) is 0 Å². The predicted molar refractivity (Wildman–Crippen MR) is 96.3 cm³/mol. The van der Waals surface area contributed by atoms with Gasteiger partial charge in [0.05, 0.1) is 5.56 Å². The molecule has 1 fully saturated rings. The smallest absolute Gasteiger partial charge is 0.336 e. The Hall–Kier alpha value is -3.29. The van der Waals surface area contributed by atoms with Crippen LogP contribution in [-0.2, 0) is 11.0 Å². The van der Waals surface area contributed by atoms with Crippen LogP contribution in [0.25, 0.3) is 6.08 Å². The summed E-state index contributed by atoms with van der Waals surface area (Å²) < 4.78 is 38.1. The fourth-order valence-electron chi connectivity index (χ4n) is 2.62. The lowest BCUT2D eigenvalue weighted by Crippen LogP contribution is -2.27. The zero-order valence-electron chi connectivity index (χ0n) is 14.1. The third-order valence-corrected chi connectivity index (χ3v) is 3.94. The number of alkyl halides is 3. The normalized spacial score (nSPS) is 14.5. The summed E-state index contributed by atoms with van der Waals surface area (Å²) >= 11 is 0. The first-order valence-electron chi connectivity index (χ1n) is 8.15. The third-order valence-electron chi connectivity index (χ3n) is 3.94. The Bertz CT molecular complexity index is 877. The monoisotopic (exact) mass is 375 g/mol. The first kappa shape index (κ1) is 18.5.